The molecule has 0 amide bonds. The maximum absolute atomic E-state index is 12.8. The molecule has 0 heterocycles. The number of esters is 1. The van der Waals surface area contributed by atoms with E-state index in [2.05, 4.69) is 5.16 Å². The summed E-state index contributed by atoms with van der Waals surface area (Å²) in [5.41, 5.74) is -0.947. The van der Waals surface area contributed by atoms with Gasteiger partial charge in [0.05, 0.1) is 21.2 Å². The monoisotopic (exact) mass is 500 g/mol. The van der Waals surface area contributed by atoms with Crippen LogP contribution in [0.25, 0.3) is 0 Å². The number of rotatable bonds is 8. The number of hydrogen-bond acceptors (Lipinski definition) is 7. The number of ether oxygens (including phenoxy) is 2. The smallest absolute Gasteiger partial charge is 0.416 e. The van der Waals surface area contributed by atoms with Crippen molar-refractivity contribution in [3.63, 3.8) is 0 Å². The minimum atomic E-state index is -4.58. The molecule has 1 saturated carbocycles. The molecule has 1 aliphatic carbocycles. The van der Waals surface area contributed by atoms with Gasteiger partial charge in [-0.25, -0.2) is 4.79 Å². The summed E-state index contributed by atoms with van der Waals surface area (Å²) < 4.78 is 48.9. The first-order chi connectivity index (χ1) is 16.1. The number of hydrogen-bond donors (Lipinski definition) is 0. The van der Waals surface area contributed by atoms with Gasteiger partial charge in [0.15, 0.2) is 6.61 Å². The summed E-state index contributed by atoms with van der Waals surface area (Å²) in [4.78, 5) is 28.1. The van der Waals surface area contributed by atoms with E-state index in [1.807, 2.05) is 0 Å². The second-order valence-corrected chi connectivity index (χ2v) is 7.78. The van der Waals surface area contributed by atoms with E-state index >= 15 is 0 Å². The van der Waals surface area contributed by atoms with Crippen molar-refractivity contribution in [2.45, 2.75) is 38.3 Å². The van der Waals surface area contributed by atoms with Crippen LogP contribution in [0.4, 0.5) is 18.9 Å². The van der Waals surface area contributed by atoms with Crippen LogP contribution in [0, 0.1) is 10.1 Å². The molecule has 1 fully saturated rings. The van der Waals surface area contributed by atoms with Gasteiger partial charge in [-0.05, 0) is 49.9 Å². The van der Waals surface area contributed by atoms with Crippen molar-refractivity contribution < 1.29 is 37.2 Å². The Balaban J connectivity index is 1.67. The van der Waals surface area contributed by atoms with E-state index in [1.165, 1.54) is 6.07 Å². The molecule has 0 bridgehead atoms. The predicted octanol–water partition coefficient (Wildman–Crippen LogP) is 6.55. The molecule has 0 spiro atoms. The summed E-state index contributed by atoms with van der Waals surface area (Å²) in [5, 5.41) is 15.0. The van der Waals surface area contributed by atoms with Crippen LogP contribution in [0.3, 0.4) is 0 Å². The maximum Gasteiger partial charge on any atom is 0.416 e. The summed E-state index contributed by atoms with van der Waals surface area (Å²) in [6.07, 6.45) is 0.402. The van der Waals surface area contributed by atoms with Crippen molar-refractivity contribution in [2.75, 3.05) is 13.2 Å². The number of nitrogens with zero attached hydrogens (tertiary/aromatic N) is 2. The zero-order chi connectivity index (χ0) is 24.7. The third kappa shape index (κ3) is 6.83. The number of nitro benzene ring substituents is 1. The molecule has 34 heavy (non-hydrogen) atoms. The van der Waals surface area contributed by atoms with Crippen LogP contribution < -0.4 is 4.74 Å². The van der Waals surface area contributed by atoms with Crippen molar-refractivity contribution in [3.05, 3.63) is 62.7 Å². The summed E-state index contributed by atoms with van der Waals surface area (Å²) in [6, 6.07) is 5.74. The van der Waals surface area contributed by atoms with E-state index in [4.69, 9.17) is 25.9 Å². The summed E-state index contributed by atoms with van der Waals surface area (Å²) in [5.74, 6) is -1.18. The van der Waals surface area contributed by atoms with E-state index < -0.39 is 33.9 Å². The molecule has 1 aliphatic rings. The maximum atomic E-state index is 12.8. The first-order valence-electron chi connectivity index (χ1n) is 10.3. The van der Waals surface area contributed by atoms with Gasteiger partial charge < -0.3 is 14.3 Å². The minimum Gasteiger partial charge on any atom is -0.458 e. The molecular formula is C22H20ClF3N2O6. The number of alkyl halides is 3. The van der Waals surface area contributed by atoms with Gasteiger partial charge in [-0.1, -0.05) is 23.2 Å². The lowest BCUT2D eigenvalue weighted by Gasteiger charge is -2.12. The molecule has 0 N–H and O–H groups in total. The third-order valence-corrected chi connectivity index (χ3v) is 5.20. The predicted molar refractivity (Wildman–Crippen MR) is 116 cm³/mol. The molecule has 0 unspecified atom stereocenters. The van der Waals surface area contributed by atoms with E-state index in [1.54, 1.807) is 0 Å². The van der Waals surface area contributed by atoms with Crippen molar-refractivity contribution >= 4 is 29.0 Å². The second-order valence-electron chi connectivity index (χ2n) is 7.37. The first kappa shape index (κ1) is 25.3. The van der Waals surface area contributed by atoms with Crippen LogP contribution in [0.2, 0.25) is 5.02 Å². The molecule has 8 nitrogen and oxygen atoms in total. The van der Waals surface area contributed by atoms with Crippen molar-refractivity contribution in [2.24, 2.45) is 5.16 Å². The molecule has 2 aromatic rings. The quantitative estimate of drug-likeness (QED) is 0.176. The topological polar surface area (TPSA) is 100 Å². The Morgan fingerprint density at radius 1 is 1.09 bits per heavy atom. The normalized spacial score (nSPS) is 13.8. The van der Waals surface area contributed by atoms with E-state index in [-0.39, 0.29) is 29.7 Å². The zero-order valence-corrected chi connectivity index (χ0v) is 18.5. The largest absolute Gasteiger partial charge is 0.458 e. The lowest BCUT2D eigenvalue weighted by Crippen LogP contribution is -2.12. The number of nitro groups is 1. The highest BCUT2D eigenvalue weighted by atomic mass is 35.5. The SMILES string of the molecule is O=C(OCCON=C1CCCCC1)c1cc(Oc2ccc(C(F)(F)F)cc2Cl)ccc1[N+](=O)[O-]. The Hall–Kier alpha value is -3.34. The summed E-state index contributed by atoms with van der Waals surface area (Å²) in [6.45, 7) is -0.219. The highest BCUT2D eigenvalue weighted by Gasteiger charge is 2.31. The van der Waals surface area contributed by atoms with Crippen molar-refractivity contribution in [3.8, 4) is 11.5 Å². The number of carbonyl (C=O) groups excluding carboxylic acids is 1. The van der Waals surface area contributed by atoms with Crippen LogP contribution in [-0.2, 0) is 15.8 Å². The van der Waals surface area contributed by atoms with Crippen LogP contribution >= 0.6 is 11.6 Å². The Morgan fingerprint density at radius 2 is 1.82 bits per heavy atom. The van der Waals surface area contributed by atoms with Crippen LogP contribution in [0.1, 0.15) is 48.0 Å². The Kier molecular flexibility index (Phi) is 8.32. The van der Waals surface area contributed by atoms with E-state index in [0.29, 0.717) is 6.07 Å². The van der Waals surface area contributed by atoms with Gasteiger partial charge in [-0.3, -0.25) is 10.1 Å². The number of halogens is 4. The highest BCUT2D eigenvalue weighted by Crippen LogP contribution is 2.37. The summed E-state index contributed by atoms with van der Waals surface area (Å²) >= 11 is 5.87. The zero-order valence-electron chi connectivity index (χ0n) is 17.8. The number of benzene rings is 2. The Morgan fingerprint density at radius 3 is 2.47 bits per heavy atom. The summed E-state index contributed by atoms with van der Waals surface area (Å²) in [7, 11) is 0. The lowest BCUT2D eigenvalue weighted by atomic mass is 9.99. The minimum absolute atomic E-state index is 0.0274. The molecule has 0 radical (unpaired) electrons. The molecule has 182 valence electrons. The molecule has 0 aliphatic heterocycles. The van der Waals surface area contributed by atoms with Gasteiger partial charge in [-0.15, -0.1) is 0 Å². The van der Waals surface area contributed by atoms with Gasteiger partial charge in [0.1, 0.15) is 23.7 Å². The van der Waals surface area contributed by atoms with Crippen LogP contribution in [0.5, 0.6) is 11.5 Å². The molecule has 12 heteroatoms. The van der Waals surface area contributed by atoms with Gasteiger partial charge in [0, 0.05) is 12.1 Å². The van der Waals surface area contributed by atoms with Gasteiger partial charge >= 0.3 is 12.1 Å². The molecular weight excluding hydrogens is 481 g/mol. The van der Waals surface area contributed by atoms with E-state index in [9.17, 15) is 28.1 Å². The van der Waals surface area contributed by atoms with Crippen LogP contribution in [0.15, 0.2) is 41.6 Å². The first-order valence-corrected chi connectivity index (χ1v) is 10.7. The molecule has 3 rings (SSSR count). The molecule has 0 saturated heterocycles. The second kappa shape index (κ2) is 11.2. The third-order valence-electron chi connectivity index (χ3n) is 4.90. The highest BCUT2D eigenvalue weighted by molar-refractivity contribution is 6.32. The van der Waals surface area contributed by atoms with Gasteiger partial charge in [0.2, 0.25) is 0 Å². The average Bonchev–Trinajstić information content (AvgIpc) is 2.80. The lowest BCUT2D eigenvalue weighted by molar-refractivity contribution is -0.385. The fourth-order valence-electron chi connectivity index (χ4n) is 3.23. The molecule has 0 aromatic heterocycles. The Bertz CT molecular complexity index is 1080. The number of carbonyl (C=O) groups is 1. The van der Waals surface area contributed by atoms with E-state index in [0.717, 1.165) is 62.1 Å². The van der Waals surface area contributed by atoms with Crippen LogP contribution in [-0.4, -0.2) is 29.8 Å². The van der Waals surface area contributed by atoms with Crippen molar-refractivity contribution in [1.82, 2.24) is 0 Å². The molecule has 0 atom stereocenters. The standard InChI is InChI=1S/C22H20ClF3N2O6/c23-18-12-14(22(24,25)26)6-9-20(18)34-16-7-8-19(28(30)31)17(13-16)21(29)32-10-11-33-27-15-4-2-1-3-5-15/h6-9,12-13H,1-5,10-11H2. The van der Waals surface area contributed by atoms with Crippen molar-refractivity contribution in [1.29, 1.82) is 0 Å². The molecule has 2 aromatic carbocycles. The van der Waals surface area contributed by atoms with Gasteiger partial charge in [-0.2, -0.15) is 13.2 Å². The fourth-order valence-corrected chi connectivity index (χ4v) is 3.44. The fraction of sp³-hybridized carbons (Fsp3) is 0.364. The number of oxime groups is 1. The average molecular weight is 501 g/mol. The Labute approximate surface area is 197 Å². The van der Waals surface area contributed by atoms with Gasteiger partial charge in [0.25, 0.3) is 5.69 Å².